The molecule has 3 heterocycles. The fourth-order valence-corrected chi connectivity index (χ4v) is 3.53. The lowest BCUT2D eigenvalue weighted by molar-refractivity contribution is -0.117. The minimum atomic E-state index is -0.379. The number of piperidine rings is 1. The Morgan fingerprint density at radius 1 is 1.30 bits per heavy atom. The van der Waals surface area contributed by atoms with Gasteiger partial charge in [0.05, 0.1) is 17.3 Å². The van der Waals surface area contributed by atoms with E-state index in [4.69, 9.17) is 11.6 Å². The molecule has 2 aromatic rings. The zero-order chi connectivity index (χ0) is 21.7. The Bertz CT molecular complexity index is 875. The van der Waals surface area contributed by atoms with Crippen molar-refractivity contribution in [3.63, 3.8) is 0 Å². The van der Waals surface area contributed by atoms with E-state index in [0.717, 1.165) is 25.9 Å². The highest BCUT2D eigenvalue weighted by atomic mass is 35.5. The molecule has 0 radical (unpaired) electrons. The molecule has 2 amide bonds. The summed E-state index contributed by atoms with van der Waals surface area (Å²) in [4.78, 5) is 31.3. The zero-order valence-corrected chi connectivity index (χ0v) is 17.9. The Morgan fingerprint density at radius 2 is 2.03 bits per heavy atom. The number of nitrogens with one attached hydrogen (secondary N) is 2. The van der Waals surface area contributed by atoms with Crippen molar-refractivity contribution >= 4 is 29.2 Å². The summed E-state index contributed by atoms with van der Waals surface area (Å²) in [6.45, 7) is 5.73. The topological polar surface area (TPSA) is 112 Å². The number of halogens is 1. The maximum Gasteiger partial charge on any atom is 0.272 e. The maximum atomic E-state index is 12.6. The van der Waals surface area contributed by atoms with E-state index in [2.05, 4.69) is 39.5 Å². The Morgan fingerprint density at radius 3 is 2.63 bits per heavy atom. The van der Waals surface area contributed by atoms with Gasteiger partial charge in [-0.25, -0.2) is 4.98 Å². The molecular formula is C20H27ClN6O3. The lowest BCUT2D eigenvalue weighted by Crippen LogP contribution is -2.46. The third-order valence-corrected chi connectivity index (χ3v) is 5.36. The van der Waals surface area contributed by atoms with Gasteiger partial charge >= 0.3 is 0 Å². The number of carbonyl (C=O) groups is 2. The normalized spacial score (nSPS) is 15.4. The van der Waals surface area contributed by atoms with E-state index >= 15 is 0 Å². The van der Waals surface area contributed by atoms with Crippen LogP contribution in [0.1, 0.15) is 42.9 Å². The van der Waals surface area contributed by atoms with E-state index in [1.54, 1.807) is 12.1 Å². The Kier molecular flexibility index (Phi) is 7.41. The van der Waals surface area contributed by atoms with Crippen LogP contribution in [0, 0.1) is 0 Å². The third kappa shape index (κ3) is 5.78. The van der Waals surface area contributed by atoms with Crippen molar-refractivity contribution in [2.45, 2.75) is 51.9 Å². The maximum absolute atomic E-state index is 12.6. The molecule has 2 aromatic heterocycles. The summed E-state index contributed by atoms with van der Waals surface area (Å²) < 4.78 is 1.32. The summed E-state index contributed by atoms with van der Waals surface area (Å²) in [5.41, 5.74) is 0.566. The lowest BCUT2D eigenvalue weighted by Gasteiger charge is -2.34. The van der Waals surface area contributed by atoms with Crippen LogP contribution in [0.25, 0.3) is 0 Å². The average Bonchev–Trinajstić information content (AvgIpc) is 3.13. The van der Waals surface area contributed by atoms with Crippen LogP contribution in [0.5, 0.6) is 0 Å². The van der Waals surface area contributed by atoms with Gasteiger partial charge in [-0.05, 0) is 44.9 Å². The number of nitrogens with zero attached hydrogens (tertiary/aromatic N) is 4. The molecule has 1 aliphatic rings. The highest BCUT2D eigenvalue weighted by Crippen LogP contribution is 2.14. The molecular weight excluding hydrogens is 408 g/mol. The van der Waals surface area contributed by atoms with Crippen LogP contribution in [0.4, 0.5) is 5.82 Å². The molecule has 10 heteroatoms. The van der Waals surface area contributed by atoms with Crippen molar-refractivity contribution in [2.75, 3.05) is 18.4 Å². The molecule has 0 atom stereocenters. The monoisotopic (exact) mass is 434 g/mol. The summed E-state index contributed by atoms with van der Waals surface area (Å²) in [6, 6.07) is 5.30. The number of aromatic nitrogens is 3. The fourth-order valence-electron chi connectivity index (χ4n) is 3.42. The number of hydrogen-bond acceptors (Lipinski definition) is 6. The molecule has 0 aliphatic carbocycles. The number of anilines is 1. The number of carbonyl (C=O) groups excluding carboxylic acids is 2. The molecule has 0 spiro atoms. The van der Waals surface area contributed by atoms with Crippen LogP contribution in [-0.4, -0.2) is 61.8 Å². The molecule has 0 bridgehead atoms. The number of hydrogen-bond donors (Lipinski definition) is 3. The van der Waals surface area contributed by atoms with Crippen molar-refractivity contribution in [1.82, 2.24) is 25.0 Å². The second-order valence-corrected chi connectivity index (χ2v) is 8.06. The molecule has 0 saturated carbocycles. The lowest BCUT2D eigenvalue weighted by atomic mass is 10.0. The van der Waals surface area contributed by atoms with Crippen LogP contribution < -0.4 is 10.6 Å². The molecule has 1 saturated heterocycles. The van der Waals surface area contributed by atoms with Crippen LogP contribution in [0.2, 0.25) is 5.02 Å². The predicted molar refractivity (Wildman–Crippen MR) is 113 cm³/mol. The van der Waals surface area contributed by atoms with E-state index in [0.29, 0.717) is 22.6 Å². The average molecular weight is 435 g/mol. The molecule has 9 nitrogen and oxygen atoms in total. The van der Waals surface area contributed by atoms with Crippen LogP contribution in [0.3, 0.4) is 0 Å². The van der Waals surface area contributed by atoms with E-state index < -0.39 is 0 Å². The molecule has 1 aliphatic heterocycles. The first-order chi connectivity index (χ1) is 14.4. The van der Waals surface area contributed by atoms with Crippen molar-refractivity contribution in [2.24, 2.45) is 0 Å². The van der Waals surface area contributed by atoms with E-state index in [1.807, 2.05) is 0 Å². The van der Waals surface area contributed by atoms with Crippen molar-refractivity contribution in [1.29, 1.82) is 0 Å². The van der Waals surface area contributed by atoms with Gasteiger partial charge < -0.3 is 20.6 Å². The second kappa shape index (κ2) is 10.0. The van der Waals surface area contributed by atoms with Gasteiger partial charge in [-0.15, -0.1) is 0 Å². The summed E-state index contributed by atoms with van der Waals surface area (Å²) in [5.74, 6) is -0.324. The van der Waals surface area contributed by atoms with Gasteiger partial charge in [-0.1, -0.05) is 11.6 Å². The van der Waals surface area contributed by atoms with Crippen molar-refractivity contribution in [3.05, 3.63) is 40.8 Å². The van der Waals surface area contributed by atoms with E-state index in [9.17, 15) is 14.7 Å². The van der Waals surface area contributed by atoms with E-state index in [-0.39, 0.29) is 36.7 Å². The molecule has 0 aromatic carbocycles. The van der Waals surface area contributed by atoms with Gasteiger partial charge in [-0.3, -0.25) is 14.3 Å². The Hall–Kier alpha value is -2.49. The summed E-state index contributed by atoms with van der Waals surface area (Å²) in [5, 5.41) is 19.9. The van der Waals surface area contributed by atoms with Crippen molar-refractivity contribution in [3.8, 4) is 0 Å². The minimum Gasteiger partial charge on any atom is -0.390 e. The van der Waals surface area contributed by atoms with Gasteiger partial charge in [0.2, 0.25) is 5.91 Å². The molecule has 162 valence electrons. The molecule has 3 rings (SSSR count). The highest BCUT2D eigenvalue weighted by Gasteiger charge is 2.24. The van der Waals surface area contributed by atoms with Gasteiger partial charge in [0.25, 0.3) is 5.91 Å². The number of aliphatic hydroxyl groups excluding tert-OH is 1. The van der Waals surface area contributed by atoms with Gasteiger partial charge in [0.1, 0.15) is 12.4 Å². The summed E-state index contributed by atoms with van der Waals surface area (Å²) in [7, 11) is 0. The molecule has 0 unspecified atom stereocenters. The largest absolute Gasteiger partial charge is 0.390 e. The third-order valence-electron chi connectivity index (χ3n) is 5.14. The fraction of sp³-hybridized carbons (Fsp3) is 0.500. The molecule has 30 heavy (non-hydrogen) atoms. The Balaban J connectivity index is 1.59. The standard InChI is InChI=1S/C20H27ClN6O3/c1-13(2)26-7-5-15(6-8-26)23-20(30)17-9-16(12-28)27(25-17)11-19(29)24-18-4-3-14(21)10-22-18/h3-4,9-10,13,15,28H,5-8,11-12H2,1-2H3,(H,23,30)(H,22,24,29). The van der Waals surface area contributed by atoms with Gasteiger partial charge in [0, 0.05) is 31.4 Å². The number of pyridine rings is 1. The van der Waals surface area contributed by atoms with Crippen molar-refractivity contribution < 1.29 is 14.7 Å². The first-order valence-electron chi connectivity index (χ1n) is 9.99. The quantitative estimate of drug-likeness (QED) is 0.611. The van der Waals surface area contributed by atoms with Crippen LogP contribution >= 0.6 is 11.6 Å². The predicted octanol–water partition coefficient (Wildman–Crippen LogP) is 1.67. The van der Waals surface area contributed by atoms with Gasteiger partial charge in [0.15, 0.2) is 5.69 Å². The van der Waals surface area contributed by atoms with E-state index in [1.165, 1.54) is 16.9 Å². The van der Waals surface area contributed by atoms with Crippen LogP contribution in [0.15, 0.2) is 24.4 Å². The number of rotatable bonds is 7. The Labute approximate surface area is 180 Å². The highest BCUT2D eigenvalue weighted by molar-refractivity contribution is 6.30. The first kappa shape index (κ1) is 22.2. The molecule has 1 fully saturated rings. The smallest absolute Gasteiger partial charge is 0.272 e. The summed E-state index contributed by atoms with van der Waals surface area (Å²) >= 11 is 5.78. The summed E-state index contributed by atoms with van der Waals surface area (Å²) in [6.07, 6.45) is 3.19. The number of aliphatic hydroxyl groups is 1. The van der Waals surface area contributed by atoms with Crippen LogP contribution in [-0.2, 0) is 17.9 Å². The molecule has 3 N–H and O–H groups in total. The number of likely N-dealkylation sites (tertiary alicyclic amines) is 1. The first-order valence-corrected chi connectivity index (χ1v) is 10.4. The zero-order valence-electron chi connectivity index (χ0n) is 17.1. The SMILES string of the molecule is CC(C)N1CCC(NC(=O)c2cc(CO)n(CC(=O)Nc3ccc(Cl)cn3)n2)CC1. The van der Waals surface area contributed by atoms with Gasteiger partial charge in [-0.2, -0.15) is 5.10 Å². The second-order valence-electron chi connectivity index (χ2n) is 7.62. The minimum absolute atomic E-state index is 0.0921. The number of amides is 2.